The highest BCUT2D eigenvalue weighted by atomic mass is 35.5. The lowest BCUT2D eigenvalue weighted by molar-refractivity contribution is -0.130. The molecule has 6 heteroatoms. The third-order valence-corrected chi connectivity index (χ3v) is 1.17. The number of hydrogen-bond donors (Lipinski definition) is 1. The number of nitrogens with zero attached hydrogens (tertiary/aromatic N) is 2. The normalized spacial score (nSPS) is 9.08. The van der Waals surface area contributed by atoms with Crippen LogP contribution >= 0.6 is 11.6 Å². The van der Waals surface area contributed by atoms with Crippen LogP contribution in [-0.4, -0.2) is 21.1 Å². The molecule has 0 aliphatic carbocycles. The fourth-order valence-corrected chi connectivity index (χ4v) is 0.591. The van der Waals surface area contributed by atoms with Gasteiger partial charge in [0.05, 0.1) is 18.1 Å². The Morgan fingerprint density at radius 1 is 1.33 bits per heavy atom. The molecule has 0 aliphatic rings. The molecule has 1 rings (SSSR count). The van der Waals surface area contributed by atoms with Gasteiger partial charge in [0, 0.05) is 0 Å². The summed E-state index contributed by atoms with van der Waals surface area (Å²) in [6, 6.07) is 0. The molecule has 0 unspecified atom stereocenters. The number of carbonyl (C=O) groups excluding carboxylic acids is 2. The van der Waals surface area contributed by atoms with Gasteiger partial charge in [-0.05, 0) is 11.6 Å². The number of nitrogens with one attached hydrogen (secondary N) is 1. The second-order valence-corrected chi connectivity index (χ2v) is 2.20. The van der Waals surface area contributed by atoms with Gasteiger partial charge in [-0.1, -0.05) is 0 Å². The smallest absolute Gasteiger partial charge is 0.310 e. The van der Waals surface area contributed by atoms with Crippen LogP contribution in [-0.2, 0) is 9.59 Å². The van der Waals surface area contributed by atoms with Crippen LogP contribution in [0.5, 0.6) is 0 Å². The highest BCUT2D eigenvalue weighted by Crippen LogP contribution is 2.00. The van der Waals surface area contributed by atoms with Crippen molar-refractivity contribution in [3.63, 3.8) is 0 Å². The molecule has 0 aromatic carbocycles. The van der Waals surface area contributed by atoms with Crippen molar-refractivity contribution in [3.8, 4) is 0 Å². The summed E-state index contributed by atoms with van der Waals surface area (Å²) in [5.41, 5.74) is 0.330. The number of anilines is 1. The second kappa shape index (κ2) is 3.77. The molecule has 0 saturated carbocycles. The summed E-state index contributed by atoms with van der Waals surface area (Å²) in [7, 11) is 0. The van der Waals surface area contributed by atoms with Crippen LogP contribution in [0.15, 0.2) is 18.7 Å². The quantitative estimate of drug-likeness (QED) is 0.527. The van der Waals surface area contributed by atoms with Crippen LogP contribution in [0.1, 0.15) is 0 Å². The first-order valence-corrected chi connectivity index (χ1v) is 3.34. The highest BCUT2D eigenvalue weighted by Gasteiger charge is 2.09. The van der Waals surface area contributed by atoms with Gasteiger partial charge in [0.15, 0.2) is 0 Å². The van der Waals surface area contributed by atoms with Crippen LogP contribution in [0.2, 0.25) is 0 Å². The van der Waals surface area contributed by atoms with Crippen LogP contribution in [0.25, 0.3) is 0 Å². The summed E-state index contributed by atoms with van der Waals surface area (Å²) in [6.07, 6.45) is 4.01. The number of carbonyl (C=O) groups is 2. The van der Waals surface area contributed by atoms with Crippen molar-refractivity contribution in [2.24, 2.45) is 0 Å². The van der Waals surface area contributed by atoms with E-state index in [0.717, 1.165) is 0 Å². The van der Waals surface area contributed by atoms with Gasteiger partial charge < -0.3 is 5.32 Å². The van der Waals surface area contributed by atoms with Crippen molar-refractivity contribution in [1.29, 1.82) is 0 Å². The van der Waals surface area contributed by atoms with Crippen LogP contribution in [0.4, 0.5) is 5.69 Å². The molecule has 0 radical (unpaired) electrons. The van der Waals surface area contributed by atoms with Gasteiger partial charge in [-0.3, -0.25) is 9.59 Å². The Labute approximate surface area is 72.8 Å². The van der Waals surface area contributed by atoms with Crippen molar-refractivity contribution >= 4 is 28.4 Å². The van der Waals surface area contributed by atoms with Gasteiger partial charge in [-0.25, -0.2) is 9.97 Å². The van der Waals surface area contributed by atoms with Crippen molar-refractivity contribution in [3.05, 3.63) is 18.7 Å². The molecule has 1 N–H and O–H groups in total. The zero-order chi connectivity index (χ0) is 8.97. The predicted molar refractivity (Wildman–Crippen MR) is 41.5 cm³/mol. The minimum absolute atomic E-state index is 0.330. The third kappa shape index (κ3) is 2.28. The van der Waals surface area contributed by atoms with E-state index < -0.39 is 11.1 Å². The minimum atomic E-state index is -1.07. The number of amides is 1. The lowest BCUT2D eigenvalue weighted by atomic mass is 10.5. The van der Waals surface area contributed by atoms with Crippen molar-refractivity contribution < 1.29 is 9.59 Å². The Bertz CT molecular complexity index is 301. The summed E-state index contributed by atoms with van der Waals surface area (Å²) in [6.45, 7) is 0. The molecule has 1 amide bonds. The molecule has 62 valence electrons. The average Bonchev–Trinajstić information content (AvgIpc) is 2.06. The standard InChI is InChI=1S/C6H4ClN3O2/c7-5(11)6(12)10-4-1-8-3-9-2-4/h1-3H,(H,10,12). The van der Waals surface area contributed by atoms with Gasteiger partial charge in [-0.15, -0.1) is 0 Å². The van der Waals surface area contributed by atoms with Gasteiger partial charge in [0.25, 0.3) is 0 Å². The molecular weight excluding hydrogens is 182 g/mol. The van der Waals surface area contributed by atoms with Gasteiger partial charge >= 0.3 is 11.1 Å². The maximum atomic E-state index is 10.7. The van der Waals surface area contributed by atoms with Crippen molar-refractivity contribution in [1.82, 2.24) is 9.97 Å². The third-order valence-electron chi connectivity index (χ3n) is 0.997. The topological polar surface area (TPSA) is 72.0 Å². The molecule has 0 bridgehead atoms. The predicted octanol–water partition coefficient (Wildman–Crippen LogP) is 0.180. The van der Waals surface area contributed by atoms with Gasteiger partial charge in [0.2, 0.25) is 0 Å². The molecule has 12 heavy (non-hydrogen) atoms. The minimum Gasteiger partial charge on any atom is -0.316 e. The molecule has 1 aromatic heterocycles. The maximum Gasteiger partial charge on any atom is 0.310 e. The Kier molecular flexibility index (Phi) is 2.71. The van der Waals surface area contributed by atoms with E-state index in [9.17, 15) is 9.59 Å². The highest BCUT2D eigenvalue weighted by molar-refractivity contribution is 6.82. The molecule has 0 fully saturated rings. The Morgan fingerprint density at radius 3 is 2.42 bits per heavy atom. The zero-order valence-corrected chi connectivity index (χ0v) is 6.58. The Morgan fingerprint density at radius 2 is 1.92 bits per heavy atom. The first-order chi connectivity index (χ1) is 5.70. The first-order valence-electron chi connectivity index (χ1n) is 2.96. The zero-order valence-electron chi connectivity index (χ0n) is 5.82. The van der Waals surface area contributed by atoms with E-state index >= 15 is 0 Å². The average molecular weight is 186 g/mol. The molecule has 1 heterocycles. The SMILES string of the molecule is O=C(Cl)C(=O)Nc1cncnc1. The van der Waals surface area contributed by atoms with Gasteiger partial charge in [-0.2, -0.15) is 0 Å². The van der Waals surface area contributed by atoms with E-state index in [1.165, 1.54) is 18.7 Å². The largest absolute Gasteiger partial charge is 0.316 e. The van der Waals surface area contributed by atoms with E-state index in [1.54, 1.807) is 0 Å². The van der Waals surface area contributed by atoms with Crippen LogP contribution in [0, 0.1) is 0 Å². The molecular formula is C6H4ClN3O2. The van der Waals surface area contributed by atoms with Crippen LogP contribution in [0.3, 0.4) is 0 Å². The van der Waals surface area contributed by atoms with E-state index in [1.807, 2.05) is 0 Å². The molecule has 5 nitrogen and oxygen atoms in total. The van der Waals surface area contributed by atoms with E-state index in [4.69, 9.17) is 11.6 Å². The second-order valence-electron chi connectivity index (χ2n) is 1.85. The molecule has 1 aromatic rings. The Balaban J connectivity index is 2.65. The maximum absolute atomic E-state index is 10.7. The monoisotopic (exact) mass is 185 g/mol. The van der Waals surface area contributed by atoms with Gasteiger partial charge in [0.1, 0.15) is 6.33 Å². The van der Waals surface area contributed by atoms with E-state index in [2.05, 4.69) is 15.3 Å². The van der Waals surface area contributed by atoms with E-state index in [-0.39, 0.29) is 0 Å². The fraction of sp³-hybridized carbons (Fsp3) is 0. The van der Waals surface area contributed by atoms with Crippen LogP contribution < -0.4 is 5.32 Å². The summed E-state index contributed by atoms with van der Waals surface area (Å²) >= 11 is 4.89. The molecule has 0 spiro atoms. The molecule has 0 saturated heterocycles. The first kappa shape index (κ1) is 8.61. The van der Waals surface area contributed by atoms with E-state index in [0.29, 0.717) is 5.69 Å². The summed E-state index contributed by atoms with van der Waals surface area (Å²) < 4.78 is 0. The number of aromatic nitrogens is 2. The lowest BCUT2D eigenvalue weighted by Gasteiger charge is -1.97. The lowest BCUT2D eigenvalue weighted by Crippen LogP contribution is -2.18. The molecule has 0 atom stereocenters. The van der Waals surface area contributed by atoms with Crippen molar-refractivity contribution in [2.45, 2.75) is 0 Å². The molecule has 0 aliphatic heterocycles. The summed E-state index contributed by atoms with van der Waals surface area (Å²) in [5.74, 6) is -0.897. The summed E-state index contributed by atoms with van der Waals surface area (Å²) in [5, 5.41) is 1.13. The number of halogens is 1. The fourth-order valence-electron chi connectivity index (χ4n) is 0.544. The van der Waals surface area contributed by atoms with Crippen molar-refractivity contribution in [2.75, 3.05) is 5.32 Å². The summed E-state index contributed by atoms with van der Waals surface area (Å²) in [4.78, 5) is 28.2. The Hall–Kier alpha value is -1.49. The number of rotatable bonds is 2. The number of hydrogen-bond acceptors (Lipinski definition) is 4.